The van der Waals surface area contributed by atoms with Gasteiger partial charge in [0.05, 0.1) is 33.7 Å². The third-order valence-corrected chi connectivity index (χ3v) is 4.07. The molecule has 1 unspecified atom stereocenters. The Morgan fingerprint density at radius 3 is 2.40 bits per heavy atom. The summed E-state index contributed by atoms with van der Waals surface area (Å²) in [5, 5.41) is 0. The normalized spacial score (nSPS) is 16.0. The molecule has 0 bridgehead atoms. The number of benzene rings is 1. The quantitative estimate of drug-likeness (QED) is 0.786. The molecule has 132 valence electrons. The predicted octanol–water partition coefficient (Wildman–Crippen LogP) is 2.42. The maximum absolute atomic E-state index is 12.2. The zero-order chi connectivity index (χ0) is 18.1. The number of aryl methyl sites for hydroxylation is 1. The van der Waals surface area contributed by atoms with Crippen molar-refractivity contribution in [3.05, 3.63) is 45.5 Å². The van der Waals surface area contributed by atoms with E-state index >= 15 is 0 Å². The van der Waals surface area contributed by atoms with Gasteiger partial charge in [-0.05, 0) is 13.0 Å². The number of esters is 1. The summed E-state index contributed by atoms with van der Waals surface area (Å²) >= 11 is 0. The minimum atomic E-state index is -0.529. The average molecular weight is 346 g/mol. The van der Waals surface area contributed by atoms with Crippen LogP contribution in [0.3, 0.4) is 0 Å². The number of carbonyl (C=O) groups excluding carboxylic acids is 1. The third-order valence-electron chi connectivity index (χ3n) is 4.07. The van der Waals surface area contributed by atoms with Gasteiger partial charge in [-0.2, -0.15) is 0 Å². The largest absolute Gasteiger partial charge is 0.493 e. The number of carbonyl (C=O) groups is 1. The second-order valence-corrected chi connectivity index (χ2v) is 5.57. The molecule has 2 heterocycles. The summed E-state index contributed by atoms with van der Waals surface area (Å²) in [5.74, 6) is 0.927. The van der Waals surface area contributed by atoms with Crippen molar-refractivity contribution in [3.8, 4) is 23.0 Å². The summed E-state index contributed by atoms with van der Waals surface area (Å²) in [4.78, 5) is 24.2. The molecule has 1 aliphatic rings. The van der Waals surface area contributed by atoms with Gasteiger partial charge in [0, 0.05) is 11.6 Å². The fraction of sp³-hybridized carbons (Fsp3) is 0.333. The van der Waals surface area contributed by atoms with Crippen LogP contribution in [-0.2, 0) is 4.79 Å². The van der Waals surface area contributed by atoms with Crippen molar-refractivity contribution >= 4 is 5.97 Å². The zero-order valence-electron chi connectivity index (χ0n) is 14.4. The van der Waals surface area contributed by atoms with Crippen molar-refractivity contribution in [1.82, 2.24) is 0 Å². The van der Waals surface area contributed by atoms with E-state index in [9.17, 15) is 9.59 Å². The predicted molar refractivity (Wildman–Crippen MR) is 87.9 cm³/mol. The summed E-state index contributed by atoms with van der Waals surface area (Å²) in [7, 11) is 4.51. The van der Waals surface area contributed by atoms with Crippen molar-refractivity contribution in [2.45, 2.75) is 19.3 Å². The number of hydrogen-bond donors (Lipinski definition) is 0. The molecule has 0 radical (unpaired) electrons. The number of ether oxygens (including phenoxy) is 4. The van der Waals surface area contributed by atoms with Gasteiger partial charge < -0.3 is 23.4 Å². The highest BCUT2D eigenvalue weighted by molar-refractivity contribution is 5.77. The molecular weight excluding hydrogens is 328 g/mol. The van der Waals surface area contributed by atoms with Crippen molar-refractivity contribution in [3.63, 3.8) is 0 Å². The molecule has 7 nitrogen and oxygen atoms in total. The van der Waals surface area contributed by atoms with E-state index < -0.39 is 17.3 Å². The molecule has 25 heavy (non-hydrogen) atoms. The third kappa shape index (κ3) is 2.82. The molecule has 0 saturated heterocycles. The average Bonchev–Trinajstić information content (AvgIpc) is 2.60. The molecule has 1 aliphatic heterocycles. The highest BCUT2D eigenvalue weighted by atomic mass is 16.5. The van der Waals surface area contributed by atoms with Crippen LogP contribution in [0.25, 0.3) is 0 Å². The first-order valence-corrected chi connectivity index (χ1v) is 7.64. The van der Waals surface area contributed by atoms with Crippen LogP contribution >= 0.6 is 0 Å². The van der Waals surface area contributed by atoms with Gasteiger partial charge in [-0.25, -0.2) is 0 Å². The molecule has 1 atom stereocenters. The van der Waals surface area contributed by atoms with E-state index in [1.807, 2.05) is 0 Å². The second-order valence-electron chi connectivity index (χ2n) is 5.57. The molecule has 0 N–H and O–H groups in total. The van der Waals surface area contributed by atoms with Gasteiger partial charge in [0.1, 0.15) is 5.76 Å². The minimum Gasteiger partial charge on any atom is -0.493 e. The molecule has 0 fully saturated rings. The van der Waals surface area contributed by atoms with Crippen molar-refractivity contribution < 1.29 is 28.2 Å². The molecule has 1 aromatic heterocycles. The van der Waals surface area contributed by atoms with Gasteiger partial charge in [0.25, 0.3) is 0 Å². The number of fused-ring (bicyclic) bond motifs is 1. The van der Waals surface area contributed by atoms with E-state index in [-0.39, 0.29) is 12.2 Å². The summed E-state index contributed by atoms with van der Waals surface area (Å²) in [6, 6.07) is 4.76. The summed E-state index contributed by atoms with van der Waals surface area (Å²) < 4.78 is 27.0. The van der Waals surface area contributed by atoms with Gasteiger partial charge in [0.2, 0.25) is 16.9 Å². The van der Waals surface area contributed by atoms with Crippen LogP contribution in [-0.4, -0.2) is 27.3 Å². The van der Waals surface area contributed by atoms with Gasteiger partial charge in [-0.1, -0.05) is 6.07 Å². The van der Waals surface area contributed by atoms with Crippen LogP contribution in [0.5, 0.6) is 23.0 Å². The fourth-order valence-electron chi connectivity index (χ4n) is 3.02. The van der Waals surface area contributed by atoms with E-state index in [2.05, 4.69) is 0 Å². The standard InChI is InChI=1S/C18H18O7/c1-9-7-12(19)17-16(24-9)11(8-14(20)25-17)10-5-6-13(21-2)18(23-4)15(10)22-3/h5-7,11H,8H2,1-4H3. The molecule has 0 spiro atoms. The van der Waals surface area contributed by atoms with Crippen molar-refractivity contribution in [2.24, 2.45) is 0 Å². The summed E-state index contributed by atoms with van der Waals surface area (Å²) in [6.45, 7) is 1.67. The zero-order valence-corrected chi connectivity index (χ0v) is 14.4. The molecule has 0 saturated carbocycles. The van der Waals surface area contributed by atoms with E-state index in [1.165, 1.54) is 27.4 Å². The van der Waals surface area contributed by atoms with Gasteiger partial charge >= 0.3 is 5.97 Å². The SMILES string of the molecule is COc1ccc(C2CC(=O)Oc3c2oc(C)cc3=O)c(OC)c1OC. The Bertz CT molecular complexity index is 882. The fourth-order valence-corrected chi connectivity index (χ4v) is 3.02. The Labute approximate surface area is 144 Å². The van der Waals surface area contributed by atoms with Crippen molar-refractivity contribution in [2.75, 3.05) is 21.3 Å². The van der Waals surface area contributed by atoms with E-state index in [4.69, 9.17) is 23.4 Å². The maximum atomic E-state index is 12.2. The van der Waals surface area contributed by atoms with Gasteiger partial charge in [-0.15, -0.1) is 0 Å². The molecule has 0 aliphatic carbocycles. The molecule has 0 amide bonds. The highest BCUT2D eigenvalue weighted by Gasteiger charge is 2.36. The number of rotatable bonds is 4. The smallest absolute Gasteiger partial charge is 0.312 e. The lowest BCUT2D eigenvalue weighted by Gasteiger charge is -2.25. The lowest BCUT2D eigenvalue weighted by Crippen LogP contribution is -2.26. The first-order valence-electron chi connectivity index (χ1n) is 7.64. The van der Waals surface area contributed by atoms with Gasteiger partial charge in [0.15, 0.2) is 17.3 Å². The Kier molecular flexibility index (Phi) is 4.39. The van der Waals surface area contributed by atoms with Crippen LogP contribution in [0.1, 0.15) is 29.4 Å². The van der Waals surface area contributed by atoms with E-state index in [0.717, 1.165) is 0 Å². The first-order chi connectivity index (χ1) is 12.0. The maximum Gasteiger partial charge on any atom is 0.312 e. The van der Waals surface area contributed by atoms with E-state index in [0.29, 0.717) is 34.3 Å². The van der Waals surface area contributed by atoms with Crippen molar-refractivity contribution in [1.29, 1.82) is 0 Å². The van der Waals surface area contributed by atoms with Crippen LogP contribution in [0, 0.1) is 6.92 Å². The Balaban J connectivity index is 2.25. The molecule has 1 aromatic carbocycles. The first kappa shape index (κ1) is 16.9. The second kappa shape index (κ2) is 6.51. The summed E-state index contributed by atoms with van der Waals surface area (Å²) in [6.07, 6.45) is 0.0191. The number of methoxy groups -OCH3 is 3. The lowest BCUT2D eigenvalue weighted by atomic mass is 9.89. The Morgan fingerprint density at radius 2 is 1.76 bits per heavy atom. The molecule has 7 heteroatoms. The minimum absolute atomic E-state index is 0.0191. The van der Waals surface area contributed by atoms with Crippen LogP contribution in [0.4, 0.5) is 0 Å². The molecule has 3 rings (SSSR count). The highest BCUT2D eigenvalue weighted by Crippen LogP contribution is 2.47. The summed E-state index contributed by atoms with van der Waals surface area (Å²) in [5.41, 5.74) is 0.253. The Hall–Kier alpha value is -2.96. The lowest BCUT2D eigenvalue weighted by molar-refractivity contribution is -0.136. The van der Waals surface area contributed by atoms with E-state index in [1.54, 1.807) is 19.1 Å². The molecular formula is C18H18O7. The monoisotopic (exact) mass is 346 g/mol. The van der Waals surface area contributed by atoms with Gasteiger partial charge in [-0.3, -0.25) is 9.59 Å². The number of hydrogen-bond acceptors (Lipinski definition) is 7. The topological polar surface area (TPSA) is 84.2 Å². The van der Waals surface area contributed by atoms with Crippen LogP contribution in [0.2, 0.25) is 0 Å². The molecule has 2 aromatic rings. The van der Waals surface area contributed by atoms with Crippen LogP contribution in [0.15, 0.2) is 27.4 Å². The Morgan fingerprint density at radius 1 is 1.04 bits per heavy atom. The van der Waals surface area contributed by atoms with Crippen LogP contribution < -0.4 is 24.4 Å².